The summed E-state index contributed by atoms with van der Waals surface area (Å²) in [5, 5.41) is 5.19. The van der Waals surface area contributed by atoms with Gasteiger partial charge >= 0.3 is 0 Å². The van der Waals surface area contributed by atoms with Crippen LogP contribution in [-0.2, 0) is 0 Å². The van der Waals surface area contributed by atoms with Gasteiger partial charge in [-0.1, -0.05) is 109 Å². The molecule has 6 aromatic carbocycles. The molecule has 224 valence electrons. The third kappa shape index (κ3) is 4.13. The molecule has 6 nitrogen and oxygen atoms in total. The lowest BCUT2D eigenvalue weighted by Gasteiger charge is -2.11. The molecule has 4 aromatic heterocycles. The molecule has 0 fully saturated rings. The van der Waals surface area contributed by atoms with Gasteiger partial charge in [-0.05, 0) is 41.5 Å². The van der Waals surface area contributed by atoms with E-state index in [9.17, 15) is 0 Å². The van der Waals surface area contributed by atoms with Gasteiger partial charge < -0.3 is 8.83 Å². The van der Waals surface area contributed by atoms with E-state index < -0.39 is 0 Å². The maximum Gasteiger partial charge on any atom is 0.164 e. The van der Waals surface area contributed by atoms with Crippen molar-refractivity contribution in [3.8, 4) is 45.3 Å². The first-order valence-corrected chi connectivity index (χ1v) is 15.8. The van der Waals surface area contributed by atoms with Crippen molar-refractivity contribution in [2.45, 2.75) is 0 Å². The number of hydrogen-bond acceptors (Lipinski definition) is 6. The summed E-state index contributed by atoms with van der Waals surface area (Å²) in [5.41, 5.74) is 8.93. The second kappa shape index (κ2) is 10.4. The summed E-state index contributed by atoms with van der Waals surface area (Å²) in [4.78, 5) is 19.8. The molecule has 48 heavy (non-hydrogen) atoms. The number of benzene rings is 6. The number of nitrogens with zero attached hydrogens (tertiary/aromatic N) is 4. The van der Waals surface area contributed by atoms with Gasteiger partial charge in [-0.2, -0.15) is 0 Å². The quantitative estimate of drug-likeness (QED) is 0.196. The van der Waals surface area contributed by atoms with Gasteiger partial charge in [0.15, 0.2) is 23.1 Å². The van der Waals surface area contributed by atoms with Crippen LogP contribution < -0.4 is 0 Å². The zero-order valence-corrected chi connectivity index (χ0v) is 25.5. The van der Waals surface area contributed by atoms with E-state index in [1.807, 2.05) is 97.2 Å². The van der Waals surface area contributed by atoms with Crippen LogP contribution in [0, 0.1) is 0 Å². The first-order valence-electron chi connectivity index (χ1n) is 15.8. The number of pyridine rings is 1. The van der Waals surface area contributed by atoms with E-state index in [0.717, 1.165) is 82.6 Å². The van der Waals surface area contributed by atoms with Crippen LogP contribution in [0.3, 0.4) is 0 Å². The number of rotatable bonds is 4. The van der Waals surface area contributed by atoms with Gasteiger partial charge in [-0.3, -0.25) is 4.98 Å². The zero-order valence-electron chi connectivity index (χ0n) is 25.5. The Morgan fingerprint density at radius 3 is 1.85 bits per heavy atom. The van der Waals surface area contributed by atoms with Crippen LogP contribution in [0.5, 0.6) is 0 Å². The van der Waals surface area contributed by atoms with Gasteiger partial charge in [0, 0.05) is 43.6 Å². The molecule has 0 radical (unpaired) electrons. The van der Waals surface area contributed by atoms with Crippen LogP contribution in [0.4, 0.5) is 0 Å². The van der Waals surface area contributed by atoms with E-state index in [-0.39, 0.29) is 0 Å². The van der Waals surface area contributed by atoms with E-state index in [1.54, 1.807) is 0 Å². The highest BCUT2D eigenvalue weighted by atomic mass is 16.3. The van der Waals surface area contributed by atoms with Crippen molar-refractivity contribution in [3.63, 3.8) is 0 Å². The molecule has 4 heterocycles. The maximum atomic E-state index is 6.32. The second-order valence-corrected chi connectivity index (χ2v) is 11.8. The Bertz CT molecular complexity index is 2850. The Labute approximate surface area is 274 Å². The lowest BCUT2D eigenvalue weighted by atomic mass is 9.96. The molecule has 6 heteroatoms. The molecule has 0 saturated heterocycles. The lowest BCUT2D eigenvalue weighted by molar-refractivity contribution is 0.667. The third-order valence-electron chi connectivity index (χ3n) is 8.98. The van der Waals surface area contributed by atoms with Gasteiger partial charge in [0.2, 0.25) is 0 Å². The molecular formula is C42H24N4O2. The van der Waals surface area contributed by atoms with Crippen LogP contribution in [-0.4, -0.2) is 19.9 Å². The molecule has 0 aliphatic carbocycles. The normalized spacial score (nSPS) is 11.8. The van der Waals surface area contributed by atoms with Gasteiger partial charge in [0.05, 0.1) is 11.7 Å². The van der Waals surface area contributed by atoms with Crippen molar-refractivity contribution in [1.29, 1.82) is 0 Å². The minimum atomic E-state index is 0.586. The topological polar surface area (TPSA) is 77.8 Å². The summed E-state index contributed by atoms with van der Waals surface area (Å²) in [6.07, 6.45) is 1.82. The average Bonchev–Trinajstić information content (AvgIpc) is 3.74. The molecule has 0 atom stereocenters. The predicted octanol–water partition coefficient (Wildman–Crippen LogP) is 10.9. The van der Waals surface area contributed by atoms with Crippen molar-refractivity contribution >= 4 is 54.8 Å². The molecule has 0 aliphatic rings. The summed E-state index contributed by atoms with van der Waals surface area (Å²) in [7, 11) is 0. The summed E-state index contributed by atoms with van der Waals surface area (Å²) in [6, 6.07) is 46.9. The largest absolute Gasteiger partial charge is 0.456 e. The molecule has 0 saturated carbocycles. The fourth-order valence-electron chi connectivity index (χ4n) is 6.82. The number of furan rings is 2. The third-order valence-corrected chi connectivity index (χ3v) is 8.98. The van der Waals surface area contributed by atoms with Crippen LogP contribution in [0.15, 0.2) is 155 Å². The Morgan fingerprint density at radius 1 is 0.375 bits per heavy atom. The molecule has 10 aromatic rings. The Morgan fingerprint density at radius 2 is 0.979 bits per heavy atom. The average molecular weight is 617 g/mol. The number of fused-ring (bicyclic) bond motifs is 8. The summed E-state index contributed by atoms with van der Waals surface area (Å²) in [5.74, 6) is 1.78. The van der Waals surface area contributed by atoms with E-state index in [4.69, 9.17) is 23.8 Å². The maximum absolute atomic E-state index is 6.32. The summed E-state index contributed by atoms with van der Waals surface area (Å²) >= 11 is 0. The monoisotopic (exact) mass is 616 g/mol. The molecule has 0 unspecified atom stereocenters. The van der Waals surface area contributed by atoms with Gasteiger partial charge in [-0.15, -0.1) is 0 Å². The van der Waals surface area contributed by atoms with E-state index in [0.29, 0.717) is 17.5 Å². The van der Waals surface area contributed by atoms with Gasteiger partial charge in [0.1, 0.15) is 16.7 Å². The lowest BCUT2D eigenvalue weighted by Crippen LogP contribution is -2.00. The van der Waals surface area contributed by atoms with Crippen LogP contribution in [0.25, 0.3) is 100 Å². The molecule has 0 N–H and O–H groups in total. The zero-order chi connectivity index (χ0) is 31.6. The highest BCUT2D eigenvalue weighted by Gasteiger charge is 2.19. The fraction of sp³-hybridized carbons (Fsp3) is 0. The van der Waals surface area contributed by atoms with Crippen molar-refractivity contribution < 1.29 is 8.83 Å². The molecule has 0 amide bonds. The second-order valence-electron chi connectivity index (χ2n) is 11.8. The van der Waals surface area contributed by atoms with Crippen molar-refractivity contribution in [2.24, 2.45) is 0 Å². The summed E-state index contributed by atoms with van der Waals surface area (Å²) < 4.78 is 12.5. The first-order chi connectivity index (χ1) is 23.8. The van der Waals surface area contributed by atoms with Gasteiger partial charge in [-0.25, -0.2) is 15.0 Å². The van der Waals surface area contributed by atoms with E-state index in [2.05, 4.69) is 53.5 Å². The van der Waals surface area contributed by atoms with Crippen molar-refractivity contribution in [3.05, 3.63) is 146 Å². The first kappa shape index (κ1) is 26.5. The van der Waals surface area contributed by atoms with Crippen LogP contribution in [0.1, 0.15) is 0 Å². The number of para-hydroxylation sites is 2. The number of hydrogen-bond donors (Lipinski definition) is 0. The smallest absolute Gasteiger partial charge is 0.164 e. The van der Waals surface area contributed by atoms with Gasteiger partial charge in [0.25, 0.3) is 0 Å². The standard InChI is InChI=1S/C42H24N4O2/c1-2-11-25(12-3-1)40-44-41(46-42(45-40)31-18-10-21-34-37(31)30-16-5-7-20-33(30)47-34)27-14-8-13-26(23-27)28-17-9-22-35-38(28)39-29-15-4-6-19-32(29)43-24-36(39)48-35/h1-24H. The number of aromatic nitrogens is 4. The van der Waals surface area contributed by atoms with Crippen LogP contribution in [0.2, 0.25) is 0 Å². The van der Waals surface area contributed by atoms with E-state index >= 15 is 0 Å². The fourth-order valence-corrected chi connectivity index (χ4v) is 6.82. The van der Waals surface area contributed by atoms with Crippen LogP contribution >= 0.6 is 0 Å². The van der Waals surface area contributed by atoms with Crippen molar-refractivity contribution in [1.82, 2.24) is 19.9 Å². The minimum Gasteiger partial charge on any atom is -0.456 e. The molecule has 10 rings (SSSR count). The Balaban J connectivity index is 1.20. The molecule has 0 aliphatic heterocycles. The minimum absolute atomic E-state index is 0.586. The molecular weight excluding hydrogens is 592 g/mol. The predicted molar refractivity (Wildman–Crippen MR) is 191 cm³/mol. The Kier molecular flexibility index (Phi) is 5.77. The molecule has 0 spiro atoms. The van der Waals surface area contributed by atoms with Crippen molar-refractivity contribution in [2.75, 3.05) is 0 Å². The highest BCUT2D eigenvalue weighted by molar-refractivity contribution is 6.22. The SMILES string of the molecule is c1ccc(-c2nc(-c3cccc(-c4cccc5oc6cnc7ccccc7c6c45)c3)nc(-c3cccc4oc5ccccc5c34)n2)cc1. The van der Waals surface area contributed by atoms with E-state index in [1.165, 1.54) is 0 Å². The Hall–Kier alpha value is -6.66. The molecule has 0 bridgehead atoms. The summed E-state index contributed by atoms with van der Waals surface area (Å²) in [6.45, 7) is 0. The highest BCUT2D eigenvalue weighted by Crippen LogP contribution is 2.41.